The maximum Gasteiger partial charge on any atom is 0.171 e. The normalized spacial score (nSPS) is 15.3. The molecule has 1 rings (SSSR count). The molecule has 5 heteroatoms. The molecule has 0 aliphatic rings. The SMILES string of the molecule is COC(OC)C(C)NCC(C)c1nccs1. The monoisotopic (exact) mass is 244 g/mol. The zero-order chi connectivity index (χ0) is 12.0. The molecule has 1 heterocycles. The maximum absolute atomic E-state index is 5.19. The van der Waals surface area contributed by atoms with Crippen LogP contribution in [0.5, 0.6) is 0 Å². The molecule has 0 saturated heterocycles. The fourth-order valence-electron chi connectivity index (χ4n) is 1.53. The van der Waals surface area contributed by atoms with Crippen LogP contribution in [0.25, 0.3) is 0 Å². The van der Waals surface area contributed by atoms with Gasteiger partial charge in [0.1, 0.15) is 0 Å². The molecule has 2 atom stereocenters. The Balaban J connectivity index is 2.34. The van der Waals surface area contributed by atoms with Gasteiger partial charge < -0.3 is 14.8 Å². The Labute approximate surface area is 101 Å². The predicted molar refractivity (Wildman–Crippen MR) is 65.8 cm³/mol. The third-order valence-corrected chi connectivity index (χ3v) is 3.50. The van der Waals surface area contributed by atoms with E-state index in [0.29, 0.717) is 5.92 Å². The van der Waals surface area contributed by atoms with E-state index in [1.165, 1.54) is 0 Å². The summed E-state index contributed by atoms with van der Waals surface area (Å²) < 4.78 is 10.4. The van der Waals surface area contributed by atoms with E-state index >= 15 is 0 Å². The van der Waals surface area contributed by atoms with E-state index in [-0.39, 0.29) is 12.3 Å². The highest BCUT2D eigenvalue weighted by Crippen LogP contribution is 2.16. The molecule has 1 N–H and O–H groups in total. The van der Waals surface area contributed by atoms with E-state index in [2.05, 4.69) is 17.2 Å². The first-order chi connectivity index (χ1) is 7.69. The summed E-state index contributed by atoms with van der Waals surface area (Å²) in [6, 6.07) is 0.164. The van der Waals surface area contributed by atoms with Gasteiger partial charge in [-0.2, -0.15) is 0 Å². The van der Waals surface area contributed by atoms with Gasteiger partial charge >= 0.3 is 0 Å². The van der Waals surface area contributed by atoms with Gasteiger partial charge in [-0.25, -0.2) is 4.98 Å². The Kier molecular flexibility index (Phi) is 5.90. The second kappa shape index (κ2) is 6.96. The largest absolute Gasteiger partial charge is 0.354 e. The van der Waals surface area contributed by atoms with Crippen LogP contribution in [0.2, 0.25) is 0 Å². The third-order valence-electron chi connectivity index (χ3n) is 2.49. The lowest BCUT2D eigenvalue weighted by Gasteiger charge is -2.23. The first-order valence-electron chi connectivity index (χ1n) is 5.37. The molecule has 1 aromatic heterocycles. The van der Waals surface area contributed by atoms with Crippen molar-refractivity contribution < 1.29 is 9.47 Å². The fourth-order valence-corrected chi connectivity index (χ4v) is 2.23. The van der Waals surface area contributed by atoms with Crippen molar-refractivity contribution in [3.63, 3.8) is 0 Å². The van der Waals surface area contributed by atoms with Gasteiger partial charge in [0.05, 0.1) is 11.0 Å². The summed E-state index contributed by atoms with van der Waals surface area (Å²) in [6.07, 6.45) is 1.64. The van der Waals surface area contributed by atoms with Gasteiger partial charge in [-0.05, 0) is 6.92 Å². The van der Waals surface area contributed by atoms with Crippen molar-refractivity contribution >= 4 is 11.3 Å². The number of nitrogens with one attached hydrogen (secondary N) is 1. The topological polar surface area (TPSA) is 43.4 Å². The number of hydrogen-bond acceptors (Lipinski definition) is 5. The molecule has 0 aliphatic carbocycles. The summed E-state index contributed by atoms with van der Waals surface area (Å²) in [7, 11) is 3.30. The number of hydrogen-bond donors (Lipinski definition) is 1. The van der Waals surface area contributed by atoms with E-state index in [9.17, 15) is 0 Å². The van der Waals surface area contributed by atoms with E-state index < -0.39 is 0 Å². The van der Waals surface area contributed by atoms with Crippen molar-refractivity contribution in [2.75, 3.05) is 20.8 Å². The molecular weight excluding hydrogens is 224 g/mol. The van der Waals surface area contributed by atoms with Crippen LogP contribution in [0.3, 0.4) is 0 Å². The predicted octanol–water partition coefficient (Wildman–Crippen LogP) is 1.84. The average molecular weight is 244 g/mol. The Hall–Kier alpha value is -0.490. The first-order valence-corrected chi connectivity index (χ1v) is 6.25. The highest BCUT2D eigenvalue weighted by Gasteiger charge is 2.16. The summed E-state index contributed by atoms with van der Waals surface area (Å²) in [5, 5.41) is 6.55. The highest BCUT2D eigenvalue weighted by atomic mass is 32.1. The van der Waals surface area contributed by atoms with Crippen LogP contribution in [0.4, 0.5) is 0 Å². The van der Waals surface area contributed by atoms with Gasteiger partial charge in [0, 0.05) is 38.3 Å². The molecule has 0 aliphatic heterocycles. The zero-order valence-electron chi connectivity index (χ0n) is 10.3. The van der Waals surface area contributed by atoms with Crippen LogP contribution in [-0.4, -0.2) is 38.1 Å². The number of aromatic nitrogens is 1. The van der Waals surface area contributed by atoms with Crippen LogP contribution in [0, 0.1) is 0 Å². The smallest absolute Gasteiger partial charge is 0.171 e. The van der Waals surface area contributed by atoms with E-state index in [0.717, 1.165) is 11.6 Å². The van der Waals surface area contributed by atoms with E-state index in [1.54, 1.807) is 25.6 Å². The van der Waals surface area contributed by atoms with Crippen molar-refractivity contribution in [1.82, 2.24) is 10.3 Å². The van der Waals surface area contributed by atoms with Gasteiger partial charge in [0.15, 0.2) is 6.29 Å². The van der Waals surface area contributed by atoms with Crippen molar-refractivity contribution in [3.8, 4) is 0 Å². The lowest BCUT2D eigenvalue weighted by Crippen LogP contribution is -2.41. The van der Waals surface area contributed by atoms with Crippen LogP contribution in [0.15, 0.2) is 11.6 Å². The lowest BCUT2D eigenvalue weighted by atomic mass is 10.2. The summed E-state index contributed by atoms with van der Waals surface area (Å²) in [5.41, 5.74) is 0. The van der Waals surface area contributed by atoms with Crippen molar-refractivity contribution in [2.24, 2.45) is 0 Å². The van der Waals surface area contributed by atoms with Crippen molar-refractivity contribution in [1.29, 1.82) is 0 Å². The Morgan fingerprint density at radius 3 is 2.56 bits per heavy atom. The van der Waals surface area contributed by atoms with Crippen molar-refractivity contribution in [3.05, 3.63) is 16.6 Å². The van der Waals surface area contributed by atoms with Gasteiger partial charge in [0.2, 0.25) is 0 Å². The molecule has 0 fully saturated rings. The molecule has 92 valence electrons. The van der Waals surface area contributed by atoms with Crippen LogP contribution in [-0.2, 0) is 9.47 Å². The minimum atomic E-state index is -0.205. The zero-order valence-corrected chi connectivity index (χ0v) is 11.1. The van der Waals surface area contributed by atoms with Crippen LogP contribution in [0.1, 0.15) is 24.8 Å². The molecule has 0 spiro atoms. The fraction of sp³-hybridized carbons (Fsp3) is 0.727. The van der Waals surface area contributed by atoms with Gasteiger partial charge in [-0.1, -0.05) is 6.92 Å². The quantitative estimate of drug-likeness (QED) is 0.743. The Morgan fingerprint density at radius 1 is 1.38 bits per heavy atom. The molecule has 0 bridgehead atoms. The molecule has 0 saturated carbocycles. The number of thiazole rings is 1. The molecular formula is C11H20N2O2S. The molecule has 0 aromatic carbocycles. The molecule has 4 nitrogen and oxygen atoms in total. The summed E-state index contributed by atoms with van der Waals surface area (Å²) in [6.45, 7) is 5.08. The Bertz CT molecular complexity index is 276. The minimum absolute atomic E-state index is 0.164. The molecule has 0 amide bonds. The lowest BCUT2D eigenvalue weighted by molar-refractivity contribution is -0.119. The number of methoxy groups -OCH3 is 2. The number of ether oxygens (including phenoxy) is 2. The third kappa shape index (κ3) is 3.83. The molecule has 0 radical (unpaired) electrons. The average Bonchev–Trinajstić information content (AvgIpc) is 2.81. The van der Waals surface area contributed by atoms with Gasteiger partial charge in [0.25, 0.3) is 0 Å². The summed E-state index contributed by atoms with van der Waals surface area (Å²) >= 11 is 1.69. The van der Waals surface area contributed by atoms with Gasteiger partial charge in [-0.15, -0.1) is 11.3 Å². The van der Waals surface area contributed by atoms with Crippen LogP contribution >= 0.6 is 11.3 Å². The van der Waals surface area contributed by atoms with E-state index in [4.69, 9.17) is 9.47 Å². The summed E-state index contributed by atoms with van der Waals surface area (Å²) in [5.74, 6) is 0.414. The maximum atomic E-state index is 5.19. The van der Waals surface area contributed by atoms with Crippen molar-refractivity contribution in [2.45, 2.75) is 32.1 Å². The molecule has 16 heavy (non-hydrogen) atoms. The summed E-state index contributed by atoms with van der Waals surface area (Å²) in [4.78, 5) is 4.30. The molecule has 2 unspecified atom stereocenters. The number of rotatable bonds is 7. The minimum Gasteiger partial charge on any atom is -0.354 e. The number of nitrogens with zero attached hydrogens (tertiary/aromatic N) is 1. The standard InChI is InChI=1S/C11H20N2O2S/c1-8(10-12-5-6-16-10)7-13-9(2)11(14-3)15-4/h5-6,8-9,11,13H,7H2,1-4H3. The highest BCUT2D eigenvalue weighted by molar-refractivity contribution is 7.09. The second-order valence-electron chi connectivity index (χ2n) is 3.81. The van der Waals surface area contributed by atoms with Gasteiger partial charge in [-0.3, -0.25) is 0 Å². The van der Waals surface area contributed by atoms with Crippen LogP contribution < -0.4 is 5.32 Å². The Morgan fingerprint density at radius 2 is 2.06 bits per heavy atom. The first kappa shape index (κ1) is 13.6. The second-order valence-corrected chi connectivity index (χ2v) is 4.73. The molecule has 1 aromatic rings. The van der Waals surface area contributed by atoms with E-state index in [1.807, 2.05) is 18.5 Å².